The van der Waals surface area contributed by atoms with Crippen LogP contribution in [0.4, 0.5) is 5.69 Å². The molecule has 2 aromatic rings. The summed E-state index contributed by atoms with van der Waals surface area (Å²) < 4.78 is 4.89. The normalized spacial score (nSPS) is 10.2. The molecule has 0 aliphatic carbocycles. The number of nitrogens with one attached hydrogen (secondary N) is 1. The van der Waals surface area contributed by atoms with Crippen LogP contribution in [0.3, 0.4) is 0 Å². The van der Waals surface area contributed by atoms with Crippen LogP contribution in [0.25, 0.3) is 0 Å². The lowest BCUT2D eigenvalue weighted by Gasteiger charge is -2.07. The summed E-state index contributed by atoms with van der Waals surface area (Å²) in [7, 11) is 0. The highest BCUT2D eigenvalue weighted by Gasteiger charge is 2.18. The number of aromatic hydroxyl groups is 1. The monoisotopic (exact) mass is 262 g/mol. The van der Waals surface area contributed by atoms with Crippen LogP contribution in [0.2, 0.25) is 0 Å². The van der Waals surface area contributed by atoms with E-state index in [0.717, 1.165) is 6.39 Å². The van der Waals surface area contributed by atoms with Crippen LogP contribution in [-0.4, -0.2) is 27.1 Å². The molecule has 1 aromatic heterocycles. The SMILES string of the molecule is Cc1ncoc1C(=O)Nc1cccc(C(=O)O)c1O. The highest BCUT2D eigenvalue weighted by molar-refractivity contribution is 6.05. The number of amides is 1. The largest absolute Gasteiger partial charge is 0.505 e. The molecule has 0 bridgehead atoms. The van der Waals surface area contributed by atoms with Gasteiger partial charge in [0.25, 0.3) is 5.91 Å². The minimum atomic E-state index is -1.29. The van der Waals surface area contributed by atoms with Gasteiger partial charge in [0.15, 0.2) is 12.1 Å². The Morgan fingerprint density at radius 3 is 2.68 bits per heavy atom. The summed E-state index contributed by atoms with van der Waals surface area (Å²) in [5.41, 5.74) is 0.0826. The van der Waals surface area contributed by atoms with Crippen molar-refractivity contribution in [3.63, 3.8) is 0 Å². The van der Waals surface area contributed by atoms with E-state index < -0.39 is 17.6 Å². The van der Waals surface area contributed by atoms with Gasteiger partial charge in [0.05, 0.1) is 11.4 Å². The van der Waals surface area contributed by atoms with E-state index in [-0.39, 0.29) is 17.0 Å². The zero-order valence-electron chi connectivity index (χ0n) is 9.88. The maximum Gasteiger partial charge on any atom is 0.339 e. The topological polar surface area (TPSA) is 113 Å². The number of oxazole rings is 1. The molecular formula is C12H10N2O5. The number of aromatic carboxylic acids is 1. The van der Waals surface area contributed by atoms with Crippen LogP contribution >= 0.6 is 0 Å². The van der Waals surface area contributed by atoms with Gasteiger partial charge in [-0.2, -0.15) is 0 Å². The van der Waals surface area contributed by atoms with E-state index in [4.69, 9.17) is 9.52 Å². The van der Waals surface area contributed by atoms with Crippen LogP contribution in [0.5, 0.6) is 5.75 Å². The second-order valence-corrected chi connectivity index (χ2v) is 3.73. The van der Waals surface area contributed by atoms with Crippen LogP contribution < -0.4 is 5.32 Å². The number of carboxylic acids is 1. The first kappa shape index (κ1) is 12.6. The first-order valence-electron chi connectivity index (χ1n) is 5.27. The average molecular weight is 262 g/mol. The predicted octanol–water partition coefficient (Wildman–Crippen LogP) is 1.64. The van der Waals surface area contributed by atoms with E-state index in [1.54, 1.807) is 6.92 Å². The van der Waals surface area contributed by atoms with Gasteiger partial charge < -0.3 is 19.9 Å². The molecule has 1 aromatic carbocycles. The number of aryl methyl sites for hydroxylation is 1. The molecule has 0 unspecified atom stereocenters. The molecule has 0 fully saturated rings. The number of anilines is 1. The Labute approximate surface area is 107 Å². The van der Waals surface area contributed by atoms with Crippen molar-refractivity contribution < 1.29 is 24.2 Å². The Morgan fingerprint density at radius 2 is 2.11 bits per heavy atom. The van der Waals surface area contributed by atoms with Crippen LogP contribution in [0, 0.1) is 6.92 Å². The third kappa shape index (κ3) is 2.39. The number of carbonyl (C=O) groups excluding carboxylic acids is 1. The molecule has 0 radical (unpaired) electrons. The maximum atomic E-state index is 11.8. The Balaban J connectivity index is 2.30. The Bertz CT molecular complexity index is 647. The summed E-state index contributed by atoms with van der Waals surface area (Å²) in [4.78, 5) is 26.4. The summed E-state index contributed by atoms with van der Waals surface area (Å²) in [5, 5.41) is 20.9. The molecule has 7 heteroatoms. The number of para-hydroxylation sites is 1. The number of nitrogens with zero attached hydrogens (tertiary/aromatic N) is 1. The van der Waals surface area contributed by atoms with E-state index in [1.807, 2.05) is 0 Å². The Kier molecular flexibility index (Phi) is 3.19. The second kappa shape index (κ2) is 4.81. The number of carboxylic acid groups (broad SMARTS) is 1. The highest BCUT2D eigenvalue weighted by Crippen LogP contribution is 2.27. The lowest BCUT2D eigenvalue weighted by atomic mass is 10.1. The number of benzene rings is 1. The summed E-state index contributed by atoms with van der Waals surface area (Å²) >= 11 is 0. The lowest BCUT2D eigenvalue weighted by molar-refractivity contribution is 0.0693. The first-order chi connectivity index (χ1) is 9.00. The number of carbonyl (C=O) groups is 2. The molecule has 0 saturated heterocycles. The van der Waals surface area contributed by atoms with Crippen molar-refractivity contribution in [2.75, 3.05) is 5.32 Å². The number of hydrogen-bond acceptors (Lipinski definition) is 5. The summed E-state index contributed by atoms with van der Waals surface area (Å²) in [6, 6.07) is 4.02. The van der Waals surface area contributed by atoms with Gasteiger partial charge in [-0.1, -0.05) is 6.07 Å². The molecule has 2 rings (SSSR count). The van der Waals surface area contributed by atoms with E-state index in [9.17, 15) is 14.7 Å². The zero-order chi connectivity index (χ0) is 14.0. The van der Waals surface area contributed by atoms with E-state index in [2.05, 4.69) is 10.3 Å². The van der Waals surface area contributed by atoms with Gasteiger partial charge in [0.1, 0.15) is 5.56 Å². The Hall–Kier alpha value is -2.83. The summed E-state index contributed by atoms with van der Waals surface area (Å²) in [5.74, 6) is -2.42. The van der Waals surface area contributed by atoms with Crippen molar-refractivity contribution in [2.24, 2.45) is 0 Å². The predicted molar refractivity (Wildman–Crippen MR) is 64.3 cm³/mol. The smallest absolute Gasteiger partial charge is 0.339 e. The zero-order valence-corrected chi connectivity index (χ0v) is 9.88. The van der Waals surface area contributed by atoms with Crippen LogP contribution in [-0.2, 0) is 0 Å². The van der Waals surface area contributed by atoms with Crippen molar-refractivity contribution in [1.29, 1.82) is 0 Å². The average Bonchev–Trinajstić information content (AvgIpc) is 2.77. The first-order valence-corrected chi connectivity index (χ1v) is 5.27. The van der Waals surface area contributed by atoms with Crippen molar-refractivity contribution in [1.82, 2.24) is 4.98 Å². The molecule has 0 saturated carbocycles. The fraction of sp³-hybridized carbons (Fsp3) is 0.0833. The lowest BCUT2D eigenvalue weighted by Crippen LogP contribution is -2.13. The minimum Gasteiger partial charge on any atom is -0.505 e. The molecule has 0 aliphatic heterocycles. The maximum absolute atomic E-state index is 11.8. The molecule has 1 amide bonds. The number of aromatic nitrogens is 1. The van der Waals surface area contributed by atoms with Gasteiger partial charge in [0, 0.05) is 0 Å². The highest BCUT2D eigenvalue weighted by atomic mass is 16.4. The van der Waals surface area contributed by atoms with E-state index >= 15 is 0 Å². The molecule has 98 valence electrons. The standard InChI is InChI=1S/C12H10N2O5/c1-6-10(19-5-13-6)11(16)14-8-4-2-3-7(9(8)15)12(17)18/h2-5,15H,1H3,(H,14,16)(H,17,18). The molecule has 19 heavy (non-hydrogen) atoms. The van der Waals surface area contributed by atoms with Crippen LogP contribution in [0.15, 0.2) is 29.0 Å². The second-order valence-electron chi connectivity index (χ2n) is 3.73. The van der Waals surface area contributed by atoms with Crippen molar-refractivity contribution in [3.05, 3.63) is 41.6 Å². The van der Waals surface area contributed by atoms with Gasteiger partial charge in [-0.25, -0.2) is 9.78 Å². The molecular weight excluding hydrogens is 252 g/mol. The van der Waals surface area contributed by atoms with Gasteiger partial charge in [-0.3, -0.25) is 4.79 Å². The summed E-state index contributed by atoms with van der Waals surface area (Å²) in [6.45, 7) is 1.59. The molecule has 0 atom stereocenters. The minimum absolute atomic E-state index is 0.000119. The molecule has 3 N–H and O–H groups in total. The number of hydrogen-bond donors (Lipinski definition) is 3. The van der Waals surface area contributed by atoms with Crippen molar-refractivity contribution in [3.8, 4) is 5.75 Å². The fourth-order valence-electron chi connectivity index (χ4n) is 1.52. The fourth-order valence-corrected chi connectivity index (χ4v) is 1.52. The van der Waals surface area contributed by atoms with E-state index in [0.29, 0.717) is 5.69 Å². The quantitative estimate of drug-likeness (QED) is 0.725. The van der Waals surface area contributed by atoms with Crippen LogP contribution in [0.1, 0.15) is 26.6 Å². The number of phenols is 1. The molecule has 1 heterocycles. The summed E-state index contributed by atoms with van der Waals surface area (Å²) in [6.07, 6.45) is 1.12. The Morgan fingerprint density at radius 1 is 1.37 bits per heavy atom. The van der Waals surface area contributed by atoms with E-state index in [1.165, 1.54) is 18.2 Å². The molecule has 0 aliphatic rings. The molecule has 0 spiro atoms. The van der Waals surface area contributed by atoms with Gasteiger partial charge >= 0.3 is 5.97 Å². The third-order valence-electron chi connectivity index (χ3n) is 2.47. The third-order valence-corrected chi connectivity index (χ3v) is 2.47. The van der Waals surface area contributed by atoms with Gasteiger partial charge in [-0.15, -0.1) is 0 Å². The number of rotatable bonds is 3. The van der Waals surface area contributed by atoms with Gasteiger partial charge in [-0.05, 0) is 19.1 Å². The molecule has 7 nitrogen and oxygen atoms in total. The van der Waals surface area contributed by atoms with Crippen molar-refractivity contribution in [2.45, 2.75) is 6.92 Å². The van der Waals surface area contributed by atoms with Gasteiger partial charge in [0.2, 0.25) is 5.76 Å². The van der Waals surface area contributed by atoms with Crippen molar-refractivity contribution >= 4 is 17.6 Å².